The summed E-state index contributed by atoms with van der Waals surface area (Å²) in [7, 11) is 0. The van der Waals surface area contributed by atoms with Crippen LogP contribution in [0.1, 0.15) is 15.9 Å². The molecule has 1 N–H and O–H groups in total. The molecule has 0 spiro atoms. The van der Waals surface area contributed by atoms with Crippen molar-refractivity contribution in [2.75, 3.05) is 0 Å². The van der Waals surface area contributed by atoms with Gasteiger partial charge < -0.3 is 5.11 Å². The minimum Gasteiger partial charge on any atom is -0.478 e. The number of halogens is 1. The summed E-state index contributed by atoms with van der Waals surface area (Å²) in [5.74, 6) is -1.01. The van der Waals surface area contributed by atoms with Crippen LogP contribution in [0.3, 0.4) is 0 Å². The summed E-state index contributed by atoms with van der Waals surface area (Å²) < 4.78 is 1.84. The Hall–Kier alpha value is -3.25. The van der Waals surface area contributed by atoms with E-state index in [9.17, 15) is 4.79 Å². The average Bonchev–Trinajstić information content (AvgIpc) is 3.02. The van der Waals surface area contributed by atoms with Crippen LogP contribution >= 0.6 is 11.6 Å². The molecule has 0 aliphatic carbocycles. The summed E-state index contributed by atoms with van der Waals surface area (Å²) in [5, 5.41) is 14.7. The summed E-state index contributed by atoms with van der Waals surface area (Å²) >= 11 is 6.33. The fourth-order valence-electron chi connectivity index (χ4n) is 2.93. The maximum atomic E-state index is 11.2. The average molecular weight is 379 g/mol. The van der Waals surface area contributed by atoms with Crippen LogP contribution < -0.4 is 0 Å². The Morgan fingerprint density at radius 2 is 1.85 bits per heavy atom. The lowest BCUT2D eigenvalue weighted by Crippen LogP contribution is -2.03. The smallest absolute Gasteiger partial charge is 0.335 e. The van der Waals surface area contributed by atoms with Gasteiger partial charge in [-0.25, -0.2) is 4.79 Å². The van der Waals surface area contributed by atoms with Gasteiger partial charge >= 0.3 is 5.97 Å². The van der Waals surface area contributed by atoms with Crippen molar-refractivity contribution in [3.05, 3.63) is 77.2 Å². The number of hydrogen-bond donors (Lipinski definition) is 1. The van der Waals surface area contributed by atoms with Gasteiger partial charge in [0.1, 0.15) is 0 Å². The van der Waals surface area contributed by atoms with E-state index < -0.39 is 5.97 Å². The number of carboxylic acids is 1. The van der Waals surface area contributed by atoms with E-state index in [1.54, 1.807) is 12.3 Å². The van der Waals surface area contributed by atoms with Gasteiger partial charge in [0.2, 0.25) is 0 Å². The van der Waals surface area contributed by atoms with Crippen molar-refractivity contribution in [3.8, 4) is 11.4 Å². The molecule has 0 radical (unpaired) electrons. The fourth-order valence-corrected chi connectivity index (χ4v) is 3.17. The third kappa shape index (κ3) is 3.52. The normalized spacial score (nSPS) is 11.0. The lowest BCUT2D eigenvalue weighted by Gasteiger charge is -2.05. The van der Waals surface area contributed by atoms with E-state index in [1.807, 2.05) is 22.9 Å². The molecule has 0 amide bonds. The molecule has 4 rings (SSSR count). The Kier molecular flexibility index (Phi) is 4.56. The number of carboxylic acid groups (broad SMARTS) is 1. The Morgan fingerprint density at radius 3 is 2.63 bits per heavy atom. The van der Waals surface area contributed by atoms with Crippen LogP contribution in [-0.4, -0.2) is 30.8 Å². The molecule has 0 unspecified atom stereocenters. The predicted octanol–water partition coefficient (Wildman–Crippen LogP) is 4.09. The molecule has 4 aromatic rings. The highest BCUT2D eigenvalue weighted by atomic mass is 35.5. The molecule has 0 aliphatic rings. The van der Waals surface area contributed by atoms with Crippen molar-refractivity contribution < 1.29 is 9.90 Å². The number of rotatable bonds is 5. The van der Waals surface area contributed by atoms with Crippen molar-refractivity contribution in [1.29, 1.82) is 0 Å². The van der Waals surface area contributed by atoms with Gasteiger partial charge in [0.25, 0.3) is 0 Å². The second-order valence-corrected chi connectivity index (χ2v) is 6.43. The summed E-state index contributed by atoms with van der Waals surface area (Å²) in [6.07, 6.45) is 3.98. The molecule has 27 heavy (non-hydrogen) atoms. The molecule has 7 heteroatoms. The molecule has 0 saturated heterocycles. The number of fused-ring (bicyclic) bond motifs is 1. The highest BCUT2D eigenvalue weighted by Gasteiger charge is 2.13. The van der Waals surface area contributed by atoms with Gasteiger partial charge in [0.15, 0.2) is 5.15 Å². The number of aryl methyl sites for hydroxylation is 2. The standard InChI is InChI=1S/C20H15ClN4O2/c21-19-15-11-17(16-10-14(20(26)27)6-8-22-16)23-12-18(15)25(24-19)9-7-13-4-2-1-3-5-13/h1-6,8,10-12H,7,9H2,(H,26,27). The topological polar surface area (TPSA) is 80.9 Å². The van der Waals surface area contributed by atoms with Crippen LogP contribution in [-0.2, 0) is 13.0 Å². The molecule has 0 aliphatic heterocycles. The second kappa shape index (κ2) is 7.17. The Morgan fingerprint density at radius 1 is 1.07 bits per heavy atom. The monoisotopic (exact) mass is 378 g/mol. The number of carbonyl (C=O) groups is 1. The van der Waals surface area contributed by atoms with Crippen molar-refractivity contribution in [1.82, 2.24) is 19.7 Å². The van der Waals surface area contributed by atoms with Gasteiger partial charge in [0.05, 0.1) is 28.7 Å². The molecule has 0 atom stereocenters. The minimum atomic E-state index is -1.01. The zero-order valence-corrected chi connectivity index (χ0v) is 15.0. The number of aromatic carboxylic acids is 1. The van der Waals surface area contributed by atoms with Crippen molar-refractivity contribution in [3.63, 3.8) is 0 Å². The minimum absolute atomic E-state index is 0.159. The predicted molar refractivity (Wildman–Crippen MR) is 103 cm³/mol. The highest BCUT2D eigenvalue weighted by molar-refractivity contribution is 6.34. The highest BCUT2D eigenvalue weighted by Crippen LogP contribution is 2.27. The Bertz CT molecular complexity index is 1130. The molecule has 134 valence electrons. The number of benzene rings is 1. The van der Waals surface area contributed by atoms with Gasteiger partial charge in [-0.15, -0.1) is 0 Å². The zero-order chi connectivity index (χ0) is 18.8. The molecular weight excluding hydrogens is 364 g/mol. The van der Waals surface area contributed by atoms with Crippen molar-refractivity contribution >= 4 is 28.5 Å². The van der Waals surface area contributed by atoms with Gasteiger partial charge in [0, 0.05) is 18.1 Å². The fraction of sp³-hybridized carbons (Fsp3) is 0.100. The van der Waals surface area contributed by atoms with E-state index in [-0.39, 0.29) is 5.56 Å². The van der Waals surface area contributed by atoms with Crippen LogP contribution in [0.5, 0.6) is 0 Å². The second-order valence-electron chi connectivity index (χ2n) is 6.07. The molecule has 0 bridgehead atoms. The van der Waals surface area contributed by atoms with Crippen molar-refractivity contribution in [2.45, 2.75) is 13.0 Å². The van der Waals surface area contributed by atoms with E-state index in [4.69, 9.17) is 16.7 Å². The molecule has 0 saturated carbocycles. The summed E-state index contributed by atoms with van der Waals surface area (Å²) in [5.41, 5.74) is 3.23. The Labute approximate surface area is 160 Å². The van der Waals surface area contributed by atoms with E-state index in [0.717, 1.165) is 17.3 Å². The van der Waals surface area contributed by atoms with Crippen LogP contribution in [0.4, 0.5) is 0 Å². The van der Waals surface area contributed by atoms with Crippen LogP contribution in [0.2, 0.25) is 5.15 Å². The van der Waals surface area contributed by atoms with Gasteiger partial charge in [-0.2, -0.15) is 5.10 Å². The Balaban J connectivity index is 1.66. The summed E-state index contributed by atoms with van der Waals surface area (Å²) in [6, 6.07) is 14.9. The maximum absolute atomic E-state index is 11.2. The van der Waals surface area contributed by atoms with Crippen molar-refractivity contribution in [2.24, 2.45) is 0 Å². The third-order valence-corrected chi connectivity index (χ3v) is 4.60. The van der Waals surface area contributed by atoms with Crippen LogP contribution in [0, 0.1) is 0 Å². The number of aromatic nitrogens is 4. The van der Waals surface area contributed by atoms with E-state index in [0.29, 0.717) is 23.1 Å². The lowest BCUT2D eigenvalue weighted by atomic mass is 10.1. The SMILES string of the molecule is O=C(O)c1ccnc(-c2cc3c(Cl)nn(CCc4ccccc4)c3cn2)c1. The number of pyridine rings is 2. The largest absolute Gasteiger partial charge is 0.478 e. The molecule has 3 heterocycles. The molecular formula is C20H15ClN4O2. The quantitative estimate of drug-likeness (QED) is 0.565. The lowest BCUT2D eigenvalue weighted by molar-refractivity contribution is 0.0697. The van der Waals surface area contributed by atoms with Crippen LogP contribution in [0.25, 0.3) is 22.3 Å². The molecule has 1 aromatic carbocycles. The molecule has 0 fully saturated rings. The van der Waals surface area contributed by atoms with Gasteiger partial charge in [-0.1, -0.05) is 41.9 Å². The van der Waals surface area contributed by atoms with Gasteiger partial charge in [-0.05, 0) is 30.2 Å². The van der Waals surface area contributed by atoms with Gasteiger partial charge in [-0.3, -0.25) is 14.6 Å². The first-order chi connectivity index (χ1) is 13.1. The number of hydrogen-bond acceptors (Lipinski definition) is 4. The van der Waals surface area contributed by atoms with E-state index in [1.165, 1.54) is 23.9 Å². The first-order valence-electron chi connectivity index (χ1n) is 8.37. The molecule has 6 nitrogen and oxygen atoms in total. The van der Waals surface area contributed by atoms with E-state index in [2.05, 4.69) is 27.2 Å². The zero-order valence-electron chi connectivity index (χ0n) is 14.2. The first-order valence-corrected chi connectivity index (χ1v) is 8.75. The first kappa shape index (κ1) is 17.2. The van der Waals surface area contributed by atoms with E-state index >= 15 is 0 Å². The summed E-state index contributed by atoms with van der Waals surface area (Å²) in [4.78, 5) is 19.8. The van der Waals surface area contributed by atoms with Crippen LogP contribution in [0.15, 0.2) is 60.9 Å². The summed E-state index contributed by atoms with van der Waals surface area (Å²) in [6.45, 7) is 0.682. The third-order valence-electron chi connectivity index (χ3n) is 4.32. The number of nitrogens with zero attached hydrogens (tertiary/aromatic N) is 4. The maximum Gasteiger partial charge on any atom is 0.335 e. The molecule has 3 aromatic heterocycles.